The molecule has 0 radical (unpaired) electrons. The minimum absolute atomic E-state index is 0.166. The lowest BCUT2D eigenvalue weighted by Crippen LogP contribution is -2.45. The molecule has 4 heteroatoms. The number of aromatic hydroxyl groups is 1. The number of rotatable bonds is 4. The third-order valence-electron chi connectivity index (χ3n) is 4.97. The van der Waals surface area contributed by atoms with Gasteiger partial charge in [0.2, 0.25) is 5.90 Å². The molecule has 1 aliphatic heterocycles. The SMILES string of the molecule is CC(C)N1N=C(c2ccc3ccccc3c2O)OC[C@@H]1Cc1ccccc1. The fraction of sp³-hybridized carbons (Fsp3) is 0.261. The van der Waals surface area contributed by atoms with E-state index in [-0.39, 0.29) is 17.8 Å². The van der Waals surface area contributed by atoms with Crippen molar-refractivity contribution in [3.05, 3.63) is 77.9 Å². The molecule has 0 aliphatic carbocycles. The molecule has 3 aromatic rings. The monoisotopic (exact) mass is 360 g/mol. The van der Waals surface area contributed by atoms with Crippen LogP contribution in [0.1, 0.15) is 25.0 Å². The Morgan fingerprint density at radius 3 is 2.56 bits per heavy atom. The molecule has 4 nitrogen and oxygen atoms in total. The lowest BCUT2D eigenvalue weighted by Gasteiger charge is -2.36. The second-order valence-electron chi connectivity index (χ2n) is 7.22. The predicted octanol–water partition coefficient (Wildman–Crippen LogP) is 4.56. The second-order valence-corrected chi connectivity index (χ2v) is 7.22. The summed E-state index contributed by atoms with van der Waals surface area (Å²) in [6, 6.07) is 22.5. The average Bonchev–Trinajstić information content (AvgIpc) is 2.70. The molecule has 0 fully saturated rings. The molecular weight excluding hydrogens is 336 g/mol. The highest BCUT2D eigenvalue weighted by Gasteiger charge is 2.28. The molecular formula is C23H24N2O2. The third-order valence-corrected chi connectivity index (χ3v) is 4.97. The molecule has 27 heavy (non-hydrogen) atoms. The third kappa shape index (κ3) is 3.47. The van der Waals surface area contributed by atoms with E-state index in [4.69, 9.17) is 9.84 Å². The number of ether oxygens (including phenoxy) is 1. The molecule has 0 saturated carbocycles. The molecule has 1 heterocycles. The fourth-order valence-electron chi connectivity index (χ4n) is 3.60. The molecule has 0 bridgehead atoms. The number of phenols is 1. The Balaban J connectivity index is 1.66. The van der Waals surface area contributed by atoms with E-state index in [1.54, 1.807) is 0 Å². The summed E-state index contributed by atoms with van der Waals surface area (Å²) in [4.78, 5) is 0. The number of nitrogens with zero attached hydrogens (tertiary/aromatic N) is 2. The van der Waals surface area contributed by atoms with Gasteiger partial charge in [-0.2, -0.15) is 0 Å². The summed E-state index contributed by atoms with van der Waals surface area (Å²) in [6.45, 7) is 4.80. The summed E-state index contributed by atoms with van der Waals surface area (Å²) in [5.41, 5.74) is 1.90. The summed E-state index contributed by atoms with van der Waals surface area (Å²) in [5.74, 6) is 0.702. The van der Waals surface area contributed by atoms with E-state index in [9.17, 15) is 5.11 Å². The van der Waals surface area contributed by atoms with E-state index in [0.717, 1.165) is 17.2 Å². The molecule has 0 aromatic heterocycles. The van der Waals surface area contributed by atoms with Crippen molar-refractivity contribution in [2.24, 2.45) is 5.10 Å². The summed E-state index contributed by atoms with van der Waals surface area (Å²) in [6.07, 6.45) is 0.875. The van der Waals surface area contributed by atoms with Gasteiger partial charge in [0.05, 0.1) is 11.6 Å². The van der Waals surface area contributed by atoms with Crippen LogP contribution in [0.5, 0.6) is 5.75 Å². The van der Waals surface area contributed by atoms with Gasteiger partial charge in [-0.1, -0.05) is 60.7 Å². The van der Waals surface area contributed by atoms with Crippen molar-refractivity contribution in [1.29, 1.82) is 0 Å². The zero-order valence-corrected chi connectivity index (χ0v) is 15.7. The van der Waals surface area contributed by atoms with E-state index >= 15 is 0 Å². The van der Waals surface area contributed by atoms with Gasteiger partial charge >= 0.3 is 0 Å². The van der Waals surface area contributed by atoms with Crippen LogP contribution in [0.4, 0.5) is 0 Å². The Labute approximate surface area is 159 Å². The van der Waals surface area contributed by atoms with Gasteiger partial charge in [0.1, 0.15) is 12.4 Å². The smallest absolute Gasteiger partial charge is 0.242 e. The predicted molar refractivity (Wildman–Crippen MR) is 109 cm³/mol. The van der Waals surface area contributed by atoms with Crippen LogP contribution in [-0.2, 0) is 11.2 Å². The van der Waals surface area contributed by atoms with Crippen LogP contribution in [0.2, 0.25) is 0 Å². The largest absolute Gasteiger partial charge is 0.506 e. The first-order valence-corrected chi connectivity index (χ1v) is 9.38. The maximum absolute atomic E-state index is 10.7. The zero-order valence-electron chi connectivity index (χ0n) is 15.7. The lowest BCUT2D eigenvalue weighted by atomic mass is 10.0. The number of hydrogen-bond donors (Lipinski definition) is 1. The van der Waals surface area contributed by atoms with Crippen molar-refractivity contribution in [3.63, 3.8) is 0 Å². The molecule has 1 N–H and O–H groups in total. The molecule has 3 aromatic carbocycles. The Kier molecular flexibility index (Phi) is 4.71. The van der Waals surface area contributed by atoms with Crippen molar-refractivity contribution in [3.8, 4) is 5.75 Å². The normalized spacial score (nSPS) is 17.1. The average molecular weight is 360 g/mol. The minimum Gasteiger partial charge on any atom is -0.506 e. The van der Waals surface area contributed by atoms with Crippen molar-refractivity contribution in [2.45, 2.75) is 32.4 Å². The van der Waals surface area contributed by atoms with Gasteiger partial charge in [-0.15, -0.1) is 5.10 Å². The van der Waals surface area contributed by atoms with Crippen molar-refractivity contribution in [2.75, 3.05) is 6.61 Å². The molecule has 4 rings (SSSR count). The molecule has 138 valence electrons. The number of phenolic OH excluding ortho intramolecular Hbond substituents is 1. The zero-order chi connectivity index (χ0) is 18.8. The van der Waals surface area contributed by atoms with Crippen LogP contribution < -0.4 is 0 Å². The van der Waals surface area contributed by atoms with Crippen LogP contribution in [0.15, 0.2) is 71.8 Å². The van der Waals surface area contributed by atoms with Crippen LogP contribution in [-0.4, -0.2) is 34.7 Å². The maximum atomic E-state index is 10.7. The first-order chi connectivity index (χ1) is 13.1. The van der Waals surface area contributed by atoms with Crippen molar-refractivity contribution >= 4 is 16.7 Å². The number of hydrazone groups is 1. The van der Waals surface area contributed by atoms with Crippen LogP contribution >= 0.6 is 0 Å². The Morgan fingerprint density at radius 2 is 1.78 bits per heavy atom. The molecule has 0 spiro atoms. The van der Waals surface area contributed by atoms with Gasteiger partial charge in [-0.25, -0.2) is 0 Å². The van der Waals surface area contributed by atoms with E-state index in [0.29, 0.717) is 18.1 Å². The fourth-order valence-corrected chi connectivity index (χ4v) is 3.60. The minimum atomic E-state index is 0.166. The second kappa shape index (κ2) is 7.31. The highest BCUT2D eigenvalue weighted by Crippen LogP contribution is 2.31. The Hall–Kier alpha value is -3.01. The van der Waals surface area contributed by atoms with E-state index in [1.165, 1.54) is 5.56 Å². The summed E-state index contributed by atoms with van der Waals surface area (Å²) < 4.78 is 6.01. The van der Waals surface area contributed by atoms with Gasteiger partial charge in [0.25, 0.3) is 0 Å². The van der Waals surface area contributed by atoms with Crippen molar-refractivity contribution in [1.82, 2.24) is 5.01 Å². The molecule has 1 atom stereocenters. The van der Waals surface area contributed by atoms with Crippen molar-refractivity contribution < 1.29 is 9.84 Å². The van der Waals surface area contributed by atoms with Crippen LogP contribution in [0, 0.1) is 0 Å². The highest BCUT2D eigenvalue weighted by molar-refractivity contribution is 6.03. The Bertz CT molecular complexity index is 967. The maximum Gasteiger partial charge on any atom is 0.242 e. The van der Waals surface area contributed by atoms with Gasteiger partial charge in [-0.05, 0) is 37.3 Å². The van der Waals surface area contributed by atoms with Crippen LogP contribution in [0.3, 0.4) is 0 Å². The first kappa shape index (κ1) is 17.4. The number of fused-ring (bicyclic) bond motifs is 1. The molecule has 0 amide bonds. The van der Waals surface area contributed by atoms with E-state index in [2.05, 4.69) is 43.1 Å². The quantitative estimate of drug-likeness (QED) is 0.742. The van der Waals surface area contributed by atoms with Gasteiger partial charge in [-0.3, -0.25) is 5.01 Å². The summed E-state index contributed by atoms with van der Waals surface area (Å²) in [5, 5.41) is 19.4. The van der Waals surface area contributed by atoms with Gasteiger partial charge < -0.3 is 9.84 Å². The molecule has 0 unspecified atom stereocenters. The standard InChI is InChI=1S/C23H24N2O2/c1-16(2)25-19(14-17-8-4-3-5-9-17)15-27-23(24-25)21-13-12-18-10-6-7-11-20(18)22(21)26/h3-13,16,19,26H,14-15H2,1-2H3/t19-/m0/s1. The van der Waals surface area contributed by atoms with Crippen LogP contribution in [0.25, 0.3) is 10.8 Å². The van der Waals surface area contributed by atoms with E-state index in [1.807, 2.05) is 42.5 Å². The first-order valence-electron chi connectivity index (χ1n) is 9.38. The highest BCUT2D eigenvalue weighted by atomic mass is 16.5. The summed E-state index contributed by atoms with van der Waals surface area (Å²) >= 11 is 0. The topological polar surface area (TPSA) is 45.1 Å². The van der Waals surface area contributed by atoms with E-state index < -0.39 is 0 Å². The molecule has 0 saturated heterocycles. The Morgan fingerprint density at radius 1 is 1.04 bits per heavy atom. The van der Waals surface area contributed by atoms with Gasteiger partial charge in [0, 0.05) is 11.4 Å². The molecule has 1 aliphatic rings. The lowest BCUT2D eigenvalue weighted by molar-refractivity contribution is 0.0724. The summed E-state index contributed by atoms with van der Waals surface area (Å²) in [7, 11) is 0. The number of hydrogen-bond acceptors (Lipinski definition) is 4. The van der Waals surface area contributed by atoms with Gasteiger partial charge in [0.15, 0.2) is 0 Å². The number of benzene rings is 3.